The lowest BCUT2D eigenvalue weighted by Crippen LogP contribution is -2.62. The zero-order valence-electron chi connectivity index (χ0n) is 34.9. The van der Waals surface area contributed by atoms with Gasteiger partial charge >= 0.3 is 0 Å². The number of carbonyl (C=O) groups excluding carboxylic acids is 6. The smallest absolute Gasteiger partial charge is 0.289 e. The van der Waals surface area contributed by atoms with Crippen molar-refractivity contribution in [1.82, 2.24) is 31.2 Å². The monoisotopic (exact) mass is 769 g/mol. The molecule has 2 heterocycles. The molecular weight excluding hydrogens is 700 g/mol. The number of hydrogen-bond donors (Lipinski definition) is 4. The Labute approximate surface area is 327 Å². The Kier molecular flexibility index (Phi) is 11.5. The summed E-state index contributed by atoms with van der Waals surface area (Å²) in [5, 5.41) is 9.30. The van der Waals surface area contributed by atoms with Crippen molar-refractivity contribution in [2.24, 2.45) is 45.3 Å². The highest BCUT2D eigenvalue weighted by molar-refractivity contribution is 6.41. The lowest BCUT2D eigenvalue weighted by atomic mass is 9.70. The van der Waals surface area contributed by atoms with Gasteiger partial charge in [0.1, 0.15) is 18.3 Å². The molecular formula is C42H68N6O7. The number of likely N-dealkylation sites (tertiary alicyclic amines) is 2. The van der Waals surface area contributed by atoms with Crippen molar-refractivity contribution in [1.29, 1.82) is 0 Å². The Balaban J connectivity index is 1.16. The van der Waals surface area contributed by atoms with E-state index in [1.54, 1.807) is 4.90 Å². The van der Waals surface area contributed by atoms with Crippen LogP contribution in [0.1, 0.15) is 133 Å². The van der Waals surface area contributed by atoms with Crippen LogP contribution in [0.5, 0.6) is 0 Å². The molecule has 0 spiro atoms. The quantitative estimate of drug-likeness (QED) is 0.0600. The molecule has 0 radical (unpaired) electrons. The highest BCUT2D eigenvalue weighted by atomic mass is 16.7. The highest BCUT2D eigenvalue weighted by Crippen LogP contribution is 2.65. The summed E-state index contributed by atoms with van der Waals surface area (Å²) in [6.07, 6.45) is 8.57. The van der Waals surface area contributed by atoms with Gasteiger partial charge < -0.3 is 15.5 Å². The predicted molar refractivity (Wildman–Crippen MR) is 206 cm³/mol. The van der Waals surface area contributed by atoms with Crippen molar-refractivity contribution in [3.05, 3.63) is 0 Å². The number of ketones is 1. The molecule has 4 saturated carbocycles. The van der Waals surface area contributed by atoms with Crippen molar-refractivity contribution in [3.63, 3.8) is 0 Å². The summed E-state index contributed by atoms with van der Waals surface area (Å²) in [6.45, 7) is 19.4. The summed E-state index contributed by atoms with van der Waals surface area (Å²) in [4.78, 5) is 91.1. The minimum absolute atomic E-state index is 0.0116. The van der Waals surface area contributed by atoms with Crippen molar-refractivity contribution in [2.75, 3.05) is 26.4 Å². The van der Waals surface area contributed by atoms with Gasteiger partial charge in [-0.15, -0.1) is 0 Å². The van der Waals surface area contributed by atoms with Crippen molar-refractivity contribution in [2.45, 2.75) is 157 Å². The van der Waals surface area contributed by atoms with Gasteiger partial charge in [0.2, 0.25) is 29.4 Å². The van der Waals surface area contributed by atoms with E-state index in [-0.39, 0.29) is 82.4 Å². The largest absolute Gasteiger partial charge is 0.349 e. The third kappa shape index (κ3) is 8.54. The summed E-state index contributed by atoms with van der Waals surface area (Å²) < 4.78 is 0. The van der Waals surface area contributed by atoms with Gasteiger partial charge in [0.15, 0.2) is 0 Å². The van der Waals surface area contributed by atoms with Crippen LogP contribution in [-0.2, 0) is 33.6 Å². The zero-order valence-corrected chi connectivity index (χ0v) is 34.9. The van der Waals surface area contributed by atoms with E-state index in [0.29, 0.717) is 44.7 Å². The molecule has 2 aliphatic heterocycles. The van der Waals surface area contributed by atoms with Crippen LogP contribution in [0.15, 0.2) is 0 Å². The first-order chi connectivity index (χ1) is 25.6. The zero-order chi connectivity index (χ0) is 40.3. The number of nitrogens with one attached hydrogen (secondary N) is 4. The first-order valence-corrected chi connectivity index (χ1v) is 21.0. The fourth-order valence-electron chi connectivity index (χ4n) is 10.1. The number of hydroxylamine groups is 1. The molecule has 13 nitrogen and oxygen atoms in total. The van der Waals surface area contributed by atoms with Gasteiger partial charge in [-0.3, -0.25) is 43.8 Å². The number of rotatable bonds is 16. The molecule has 5 amide bonds. The molecule has 0 aromatic carbocycles. The van der Waals surface area contributed by atoms with Gasteiger partial charge in [-0.1, -0.05) is 88.0 Å². The van der Waals surface area contributed by atoms with Gasteiger partial charge in [0.05, 0.1) is 12.1 Å². The lowest BCUT2D eigenvalue weighted by Gasteiger charge is -2.43. The summed E-state index contributed by atoms with van der Waals surface area (Å²) in [6, 6.07) is -1.77. The van der Waals surface area contributed by atoms with Crippen LogP contribution in [-0.4, -0.2) is 95.1 Å². The number of amides is 5. The number of nitrogens with zero attached hydrogens (tertiary/aromatic N) is 2. The minimum atomic E-state index is -1.24. The Morgan fingerprint density at radius 3 is 2.15 bits per heavy atom. The SMILES string of the molecule is CC[C@H]1C[C@]1(NC(=O)[C@@H]1[C@@H]2[C@H](CN1C(=O)[C@@H](NCON[C@H](CN1C(=O)CC(C)(C)CC1=O)C(C)(C)C)C1(C)CCCCC1)C2(C)C)C(=O)C(=O)NCC1CC1. The van der Waals surface area contributed by atoms with Crippen LogP contribution in [0.4, 0.5) is 0 Å². The Hall–Kier alpha value is -2.90. The summed E-state index contributed by atoms with van der Waals surface area (Å²) in [5.74, 6) is -1.70. The van der Waals surface area contributed by atoms with Crippen LogP contribution < -0.4 is 21.4 Å². The second-order valence-corrected chi connectivity index (χ2v) is 20.7. The fraction of sp³-hybridized carbons (Fsp3) is 0.857. The number of carbonyl (C=O) groups is 6. The molecule has 4 aliphatic carbocycles. The summed E-state index contributed by atoms with van der Waals surface area (Å²) in [5.41, 5.74) is 0.639. The molecule has 6 fully saturated rings. The molecule has 55 heavy (non-hydrogen) atoms. The van der Waals surface area contributed by atoms with Crippen LogP contribution in [0.3, 0.4) is 0 Å². The number of fused-ring (bicyclic) bond motifs is 1. The number of piperidine rings is 2. The van der Waals surface area contributed by atoms with E-state index in [2.05, 4.69) is 42.2 Å². The Morgan fingerprint density at radius 1 is 0.945 bits per heavy atom. The van der Waals surface area contributed by atoms with Gasteiger partial charge in [-0.25, -0.2) is 0 Å². The number of imide groups is 1. The maximum Gasteiger partial charge on any atom is 0.289 e. The Bertz CT molecular complexity index is 1520. The molecule has 7 atom stereocenters. The molecule has 6 aliphatic rings. The maximum atomic E-state index is 14.9. The molecule has 0 aromatic rings. The number of Topliss-reactive ketones (excluding diaryl/α,β-unsaturated/α-hetero) is 1. The van der Waals surface area contributed by atoms with Crippen LogP contribution in [0.25, 0.3) is 0 Å². The van der Waals surface area contributed by atoms with Crippen molar-refractivity contribution < 1.29 is 33.6 Å². The van der Waals surface area contributed by atoms with Gasteiger partial charge in [-0.2, -0.15) is 5.48 Å². The molecule has 0 aromatic heterocycles. The lowest BCUT2D eigenvalue weighted by molar-refractivity contribution is -0.155. The first kappa shape index (κ1) is 41.7. The highest BCUT2D eigenvalue weighted by Gasteiger charge is 2.71. The van der Waals surface area contributed by atoms with Crippen LogP contribution >= 0.6 is 0 Å². The average Bonchev–Trinajstić information content (AvgIpc) is 4.05. The Morgan fingerprint density at radius 2 is 1.58 bits per heavy atom. The molecule has 6 rings (SSSR count). The topological polar surface area (TPSA) is 166 Å². The molecule has 308 valence electrons. The standard InChI is InChI=1S/C42H68N6O7/c1-10-26-18-42(26,34(51)36(53)43-21-25-14-15-25)45-35(52)32-31-27(40(31,7)8)22-48(32)37(54)33(41(9)16-12-11-13-17-41)44-24-55-46-28(38(2,3)4)23-47-29(49)19-39(5,6)20-30(47)50/h25-28,31-33,44,46H,10-24H2,1-9H3,(H,43,53)(H,45,52)/t26-,27-,28+,31-,32-,33+,42+/m0/s1. The van der Waals surface area contributed by atoms with E-state index >= 15 is 0 Å². The molecule has 0 bridgehead atoms. The minimum Gasteiger partial charge on any atom is -0.349 e. The van der Waals surface area contributed by atoms with Gasteiger partial charge in [-0.05, 0) is 77.4 Å². The fourth-order valence-corrected chi connectivity index (χ4v) is 10.1. The van der Waals surface area contributed by atoms with Crippen LogP contribution in [0, 0.1) is 45.3 Å². The van der Waals surface area contributed by atoms with E-state index in [0.717, 1.165) is 44.9 Å². The van der Waals surface area contributed by atoms with E-state index in [1.165, 1.54) is 4.90 Å². The number of hydrogen-bond acceptors (Lipinski definition) is 9. The van der Waals surface area contributed by atoms with Gasteiger partial charge in [0.25, 0.3) is 5.91 Å². The first-order valence-electron chi connectivity index (χ1n) is 21.0. The molecule has 0 unspecified atom stereocenters. The predicted octanol–water partition coefficient (Wildman–Crippen LogP) is 3.85. The van der Waals surface area contributed by atoms with E-state index in [1.807, 2.05) is 41.5 Å². The van der Waals surface area contributed by atoms with E-state index < -0.39 is 29.3 Å². The second kappa shape index (κ2) is 15.1. The molecule has 4 N–H and O–H groups in total. The molecule has 13 heteroatoms. The third-order valence-electron chi connectivity index (χ3n) is 14.4. The maximum absolute atomic E-state index is 14.9. The van der Waals surface area contributed by atoms with Crippen molar-refractivity contribution >= 4 is 35.3 Å². The van der Waals surface area contributed by atoms with Crippen LogP contribution in [0.2, 0.25) is 0 Å². The van der Waals surface area contributed by atoms with Crippen molar-refractivity contribution in [3.8, 4) is 0 Å². The average molecular weight is 769 g/mol. The normalized spacial score (nSPS) is 31.7. The molecule has 2 saturated heterocycles. The van der Waals surface area contributed by atoms with Gasteiger partial charge in [0, 0.05) is 32.5 Å². The summed E-state index contributed by atoms with van der Waals surface area (Å²) >= 11 is 0. The van der Waals surface area contributed by atoms with E-state index in [9.17, 15) is 28.8 Å². The van der Waals surface area contributed by atoms with E-state index in [4.69, 9.17) is 4.84 Å². The second-order valence-electron chi connectivity index (χ2n) is 20.7. The summed E-state index contributed by atoms with van der Waals surface area (Å²) in [7, 11) is 0. The third-order valence-corrected chi connectivity index (χ3v) is 14.4.